The largest absolute Gasteiger partial charge is 0.363 e. The van der Waals surface area contributed by atoms with E-state index in [0.717, 1.165) is 36.5 Å². The number of aromatic nitrogens is 2. The van der Waals surface area contributed by atoms with Gasteiger partial charge in [0.2, 0.25) is 0 Å². The Morgan fingerprint density at radius 1 is 1.05 bits per heavy atom. The van der Waals surface area contributed by atoms with Crippen LogP contribution in [0, 0.1) is 18.6 Å². The molecule has 40 heavy (non-hydrogen) atoms. The smallest absolute Gasteiger partial charge is 0.257 e. The van der Waals surface area contributed by atoms with Gasteiger partial charge in [0.1, 0.15) is 11.6 Å². The first-order chi connectivity index (χ1) is 19.4. The highest BCUT2D eigenvalue weighted by Crippen LogP contribution is 2.35. The third kappa shape index (κ3) is 5.11. The van der Waals surface area contributed by atoms with E-state index in [1.54, 1.807) is 18.2 Å². The molecule has 0 spiro atoms. The van der Waals surface area contributed by atoms with Crippen LogP contribution in [0.25, 0.3) is 11.6 Å². The SMILES string of the molecule is Cc1c(/C=C2\C(=O)Nc3nc(NCc4ccc(F)cc4)c(F)cc32)[nH]c2c1C(=O)N(CCN1CCCCC1)CC2. The van der Waals surface area contributed by atoms with Crippen molar-refractivity contribution in [2.75, 3.05) is 43.4 Å². The number of H-pyrrole nitrogens is 1. The van der Waals surface area contributed by atoms with Crippen LogP contribution in [0.3, 0.4) is 0 Å². The van der Waals surface area contributed by atoms with E-state index in [4.69, 9.17) is 0 Å². The molecule has 5 heterocycles. The van der Waals surface area contributed by atoms with Crippen molar-refractivity contribution in [2.45, 2.75) is 39.2 Å². The fourth-order valence-corrected chi connectivity index (χ4v) is 5.75. The Labute approximate surface area is 231 Å². The summed E-state index contributed by atoms with van der Waals surface area (Å²) in [5.74, 6) is -1.08. The number of nitrogens with zero attached hydrogens (tertiary/aromatic N) is 3. The number of hydrogen-bond acceptors (Lipinski definition) is 5. The summed E-state index contributed by atoms with van der Waals surface area (Å²) in [4.78, 5) is 38.3. The molecule has 3 aliphatic rings. The second-order valence-electron chi connectivity index (χ2n) is 10.7. The van der Waals surface area contributed by atoms with Crippen LogP contribution in [0.2, 0.25) is 0 Å². The van der Waals surface area contributed by atoms with Crippen molar-refractivity contribution < 1.29 is 18.4 Å². The molecule has 208 valence electrons. The Morgan fingerprint density at radius 2 is 1.82 bits per heavy atom. The van der Waals surface area contributed by atoms with Crippen LogP contribution in [-0.4, -0.2) is 64.3 Å². The number of hydrogen-bond donors (Lipinski definition) is 3. The number of pyridine rings is 1. The molecule has 6 rings (SSSR count). The van der Waals surface area contributed by atoms with E-state index in [-0.39, 0.29) is 41.4 Å². The van der Waals surface area contributed by atoms with Crippen molar-refractivity contribution in [3.63, 3.8) is 0 Å². The molecule has 3 aliphatic heterocycles. The molecule has 0 saturated carbocycles. The summed E-state index contributed by atoms with van der Waals surface area (Å²) < 4.78 is 28.2. The lowest BCUT2D eigenvalue weighted by atomic mass is 10.0. The molecule has 8 nitrogen and oxygen atoms in total. The molecule has 3 N–H and O–H groups in total. The summed E-state index contributed by atoms with van der Waals surface area (Å²) in [5.41, 5.74) is 4.37. The van der Waals surface area contributed by atoms with Crippen molar-refractivity contribution in [3.8, 4) is 0 Å². The maximum atomic E-state index is 15.0. The van der Waals surface area contributed by atoms with Crippen molar-refractivity contribution >= 4 is 35.1 Å². The lowest BCUT2D eigenvalue weighted by Gasteiger charge is -2.32. The number of nitrogens with one attached hydrogen (secondary N) is 3. The molecule has 1 saturated heterocycles. The van der Waals surface area contributed by atoms with Crippen LogP contribution in [0.5, 0.6) is 0 Å². The summed E-state index contributed by atoms with van der Waals surface area (Å²) >= 11 is 0. The molecule has 3 aromatic rings. The third-order valence-corrected chi connectivity index (χ3v) is 8.04. The highest BCUT2D eigenvalue weighted by molar-refractivity contribution is 6.34. The van der Waals surface area contributed by atoms with Crippen LogP contribution in [0.15, 0.2) is 30.3 Å². The van der Waals surface area contributed by atoms with Gasteiger partial charge in [-0.25, -0.2) is 13.8 Å². The van der Waals surface area contributed by atoms with Gasteiger partial charge in [-0.05, 0) is 68.3 Å². The highest BCUT2D eigenvalue weighted by atomic mass is 19.1. The van der Waals surface area contributed by atoms with Gasteiger partial charge < -0.3 is 25.4 Å². The Bertz CT molecular complexity index is 1490. The van der Waals surface area contributed by atoms with Crippen LogP contribution in [0.1, 0.15) is 57.7 Å². The number of carbonyl (C=O) groups excluding carboxylic acids is 2. The van der Waals surface area contributed by atoms with Crippen LogP contribution >= 0.6 is 0 Å². The second-order valence-corrected chi connectivity index (χ2v) is 10.7. The van der Waals surface area contributed by atoms with Gasteiger partial charge in [0.05, 0.1) is 11.1 Å². The maximum Gasteiger partial charge on any atom is 0.257 e. The number of carbonyl (C=O) groups is 2. The summed E-state index contributed by atoms with van der Waals surface area (Å²) in [6.07, 6.45) is 6.11. The lowest BCUT2D eigenvalue weighted by Crippen LogP contribution is -2.43. The zero-order valence-electron chi connectivity index (χ0n) is 22.4. The zero-order chi connectivity index (χ0) is 27.8. The van der Waals surface area contributed by atoms with Gasteiger partial charge in [0.15, 0.2) is 11.6 Å². The molecule has 10 heteroatoms. The molecule has 0 radical (unpaired) electrons. The van der Waals surface area contributed by atoms with Crippen molar-refractivity contribution in [1.82, 2.24) is 19.8 Å². The van der Waals surface area contributed by atoms with Gasteiger partial charge in [0, 0.05) is 49.6 Å². The second kappa shape index (κ2) is 10.8. The topological polar surface area (TPSA) is 93.4 Å². The summed E-state index contributed by atoms with van der Waals surface area (Å²) in [5, 5.41) is 5.63. The quantitative estimate of drug-likeness (QED) is 0.377. The van der Waals surface area contributed by atoms with E-state index in [1.807, 2.05) is 11.8 Å². The molecule has 0 unspecified atom stereocenters. The minimum Gasteiger partial charge on any atom is -0.363 e. The number of fused-ring (bicyclic) bond motifs is 2. The predicted octanol–water partition coefficient (Wildman–Crippen LogP) is 4.59. The number of rotatable bonds is 7. The van der Waals surface area contributed by atoms with Gasteiger partial charge in [-0.3, -0.25) is 9.59 Å². The van der Waals surface area contributed by atoms with Gasteiger partial charge in [-0.1, -0.05) is 18.6 Å². The number of benzene rings is 1. The zero-order valence-corrected chi connectivity index (χ0v) is 22.4. The van der Waals surface area contributed by atoms with E-state index in [9.17, 15) is 14.0 Å². The Balaban J connectivity index is 1.20. The Hall–Kier alpha value is -4.05. The average Bonchev–Trinajstić information content (AvgIpc) is 3.43. The van der Waals surface area contributed by atoms with Gasteiger partial charge in [-0.2, -0.15) is 0 Å². The molecule has 0 bridgehead atoms. The monoisotopic (exact) mass is 546 g/mol. The lowest BCUT2D eigenvalue weighted by molar-refractivity contribution is -0.110. The van der Waals surface area contributed by atoms with Gasteiger partial charge >= 0.3 is 0 Å². The number of anilines is 2. The summed E-state index contributed by atoms with van der Waals surface area (Å²) in [7, 11) is 0. The molecule has 0 aliphatic carbocycles. The number of aromatic amines is 1. The number of likely N-dealkylation sites (tertiary alicyclic amines) is 1. The first kappa shape index (κ1) is 26.2. The standard InChI is InChI=1S/C30H32F2N6O2/c1-18-25(34-24-9-12-38(30(40)26(18)24)14-13-37-10-3-2-4-11-37)16-22-21-15-23(32)28(35-27(21)36-29(22)39)33-17-19-5-7-20(31)8-6-19/h5-8,15-16,34H,2-4,9-14,17H2,1H3,(H2,33,35,36,39)/b22-16-. The number of amides is 2. The van der Waals surface area contributed by atoms with E-state index in [2.05, 4.69) is 25.5 Å². The van der Waals surface area contributed by atoms with Crippen LogP contribution in [-0.2, 0) is 17.8 Å². The average molecular weight is 547 g/mol. The first-order valence-corrected chi connectivity index (χ1v) is 13.8. The summed E-state index contributed by atoms with van der Waals surface area (Å²) in [6, 6.07) is 7.16. The molecule has 1 fully saturated rings. The minimum atomic E-state index is -0.606. The highest BCUT2D eigenvalue weighted by Gasteiger charge is 2.31. The van der Waals surface area contributed by atoms with Crippen LogP contribution < -0.4 is 10.6 Å². The molecule has 0 atom stereocenters. The van der Waals surface area contributed by atoms with Gasteiger partial charge in [-0.15, -0.1) is 0 Å². The maximum absolute atomic E-state index is 15.0. The van der Waals surface area contributed by atoms with E-state index < -0.39 is 5.82 Å². The Morgan fingerprint density at radius 3 is 2.60 bits per heavy atom. The minimum absolute atomic E-state index is 0.00798. The van der Waals surface area contributed by atoms with Crippen molar-refractivity contribution in [3.05, 3.63) is 75.6 Å². The summed E-state index contributed by atoms with van der Waals surface area (Å²) in [6.45, 7) is 6.56. The third-order valence-electron chi connectivity index (χ3n) is 8.04. The molecule has 2 amide bonds. The van der Waals surface area contributed by atoms with Gasteiger partial charge in [0.25, 0.3) is 11.8 Å². The Kier molecular flexibility index (Phi) is 7.10. The fourth-order valence-electron chi connectivity index (χ4n) is 5.75. The number of halogens is 2. The number of piperidine rings is 1. The molecule has 2 aromatic heterocycles. The fraction of sp³-hybridized carbons (Fsp3) is 0.367. The molecular formula is C30H32F2N6O2. The predicted molar refractivity (Wildman–Crippen MR) is 150 cm³/mol. The van der Waals surface area contributed by atoms with Crippen LogP contribution in [0.4, 0.5) is 20.4 Å². The normalized spacial score (nSPS) is 18.2. The first-order valence-electron chi connectivity index (χ1n) is 13.8. The van der Waals surface area contributed by atoms with Crippen molar-refractivity contribution in [2.24, 2.45) is 0 Å². The van der Waals surface area contributed by atoms with Crippen molar-refractivity contribution in [1.29, 1.82) is 0 Å². The van der Waals surface area contributed by atoms with E-state index in [0.29, 0.717) is 36.3 Å². The van der Waals surface area contributed by atoms with E-state index in [1.165, 1.54) is 37.5 Å². The molecule has 1 aromatic carbocycles. The van der Waals surface area contributed by atoms with E-state index >= 15 is 4.39 Å². The molecular weight excluding hydrogens is 514 g/mol.